The van der Waals surface area contributed by atoms with E-state index in [1.54, 1.807) is 15.6 Å². The van der Waals surface area contributed by atoms with E-state index in [0.29, 0.717) is 31.0 Å². The van der Waals surface area contributed by atoms with Crippen LogP contribution in [0.1, 0.15) is 21.7 Å². The maximum Gasteiger partial charge on any atom is 0.266 e. The van der Waals surface area contributed by atoms with E-state index >= 15 is 0 Å². The van der Waals surface area contributed by atoms with Crippen molar-refractivity contribution in [1.29, 1.82) is 0 Å². The molecule has 1 fully saturated rings. The third-order valence-corrected chi connectivity index (χ3v) is 4.78. The fraction of sp³-hybridized carbons (Fsp3) is 0.300. The van der Waals surface area contributed by atoms with Crippen molar-refractivity contribution in [3.05, 3.63) is 75.8 Å². The van der Waals surface area contributed by atoms with Gasteiger partial charge in [0.2, 0.25) is 0 Å². The van der Waals surface area contributed by atoms with E-state index < -0.39 is 0 Å². The largest absolute Gasteiger partial charge is 0.338 e. The molecule has 138 valence electrons. The Balaban J connectivity index is 1.45. The lowest BCUT2D eigenvalue weighted by Crippen LogP contribution is -2.52. The Labute approximate surface area is 156 Å². The van der Waals surface area contributed by atoms with Crippen molar-refractivity contribution in [2.24, 2.45) is 5.92 Å². The van der Waals surface area contributed by atoms with Crippen LogP contribution in [0.3, 0.4) is 0 Å². The molecule has 0 unspecified atom stereocenters. The number of hydrogen-bond donors (Lipinski definition) is 0. The van der Waals surface area contributed by atoms with Gasteiger partial charge in [0.05, 0.1) is 12.2 Å². The second kappa shape index (κ2) is 6.83. The molecule has 4 rings (SSSR count). The third-order valence-electron chi connectivity index (χ3n) is 4.78. The molecule has 0 aliphatic carbocycles. The molecule has 0 N–H and O–H groups in total. The molecule has 1 aliphatic rings. The molecule has 0 spiro atoms. The summed E-state index contributed by atoms with van der Waals surface area (Å²) in [6.07, 6.45) is 0. The van der Waals surface area contributed by atoms with Gasteiger partial charge in [-0.3, -0.25) is 9.59 Å². The van der Waals surface area contributed by atoms with Gasteiger partial charge in [0.1, 0.15) is 0 Å². The highest BCUT2D eigenvalue weighted by Gasteiger charge is 2.31. The maximum atomic E-state index is 12.4. The molecule has 1 amide bonds. The van der Waals surface area contributed by atoms with Gasteiger partial charge in [-0.1, -0.05) is 18.2 Å². The van der Waals surface area contributed by atoms with Gasteiger partial charge in [-0.2, -0.15) is 5.10 Å². The molecule has 0 bridgehead atoms. The molecule has 2 aromatic heterocycles. The molecule has 0 radical (unpaired) electrons. The summed E-state index contributed by atoms with van der Waals surface area (Å²) in [7, 11) is 0. The number of carbonyl (C=O) groups is 1. The Bertz CT molecular complexity index is 1030. The van der Waals surface area contributed by atoms with Crippen LogP contribution in [0.2, 0.25) is 0 Å². The van der Waals surface area contributed by atoms with Gasteiger partial charge >= 0.3 is 0 Å². The maximum absolute atomic E-state index is 12.4. The average molecular weight is 363 g/mol. The summed E-state index contributed by atoms with van der Waals surface area (Å²) >= 11 is 0. The standard InChI is InChI=1S/C20H21N5O2/c1-14-10-15(2)25(21-14)18-8-9-19(26)24(22-18)13-16-11-23(12-16)20(27)17-6-4-3-5-7-17/h3-10,16H,11-13H2,1-2H3. The Morgan fingerprint density at radius 1 is 1.07 bits per heavy atom. The van der Waals surface area contributed by atoms with Crippen molar-refractivity contribution in [1.82, 2.24) is 24.5 Å². The van der Waals surface area contributed by atoms with Crippen LogP contribution < -0.4 is 5.56 Å². The van der Waals surface area contributed by atoms with Crippen LogP contribution in [0.4, 0.5) is 0 Å². The van der Waals surface area contributed by atoms with Gasteiger partial charge in [0.15, 0.2) is 5.82 Å². The number of likely N-dealkylation sites (tertiary alicyclic amines) is 1. The number of nitrogens with zero attached hydrogens (tertiary/aromatic N) is 5. The first-order valence-electron chi connectivity index (χ1n) is 8.97. The lowest BCUT2D eigenvalue weighted by Gasteiger charge is -2.39. The molecule has 3 heterocycles. The van der Waals surface area contributed by atoms with Crippen molar-refractivity contribution < 1.29 is 4.79 Å². The van der Waals surface area contributed by atoms with Gasteiger partial charge in [0.25, 0.3) is 11.5 Å². The summed E-state index contributed by atoms with van der Waals surface area (Å²) < 4.78 is 3.21. The van der Waals surface area contributed by atoms with Gasteiger partial charge in [-0.25, -0.2) is 9.36 Å². The van der Waals surface area contributed by atoms with Crippen LogP contribution in [-0.2, 0) is 6.54 Å². The predicted molar refractivity (Wildman–Crippen MR) is 101 cm³/mol. The van der Waals surface area contributed by atoms with Gasteiger partial charge in [0, 0.05) is 36.3 Å². The topological polar surface area (TPSA) is 73.0 Å². The van der Waals surface area contributed by atoms with E-state index in [1.165, 1.54) is 10.7 Å². The van der Waals surface area contributed by atoms with Crippen LogP contribution >= 0.6 is 0 Å². The first-order chi connectivity index (χ1) is 13.0. The van der Waals surface area contributed by atoms with Crippen LogP contribution in [-0.4, -0.2) is 43.5 Å². The predicted octanol–water partition coefficient (Wildman–Crippen LogP) is 1.82. The summed E-state index contributed by atoms with van der Waals surface area (Å²) in [5, 5.41) is 8.89. The average Bonchev–Trinajstić information content (AvgIpc) is 2.97. The van der Waals surface area contributed by atoms with E-state index in [9.17, 15) is 9.59 Å². The first kappa shape index (κ1) is 17.2. The van der Waals surface area contributed by atoms with Crippen molar-refractivity contribution >= 4 is 5.91 Å². The van der Waals surface area contributed by atoms with E-state index in [1.807, 2.05) is 50.2 Å². The Hall–Kier alpha value is -3.22. The normalized spacial score (nSPS) is 14.2. The molecule has 1 saturated heterocycles. The van der Waals surface area contributed by atoms with Crippen LogP contribution in [0.5, 0.6) is 0 Å². The third kappa shape index (κ3) is 3.40. The van der Waals surface area contributed by atoms with Crippen LogP contribution in [0.15, 0.2) is 53.3 Å². The molecular weight excluding hydrogens is 342 g/mol. The summed E-state index contributed by atoms with van der Waals surface area (Å²) in [5.74, 6) is 0.874. The number of aromatic nitrogens is 4. The molecule has 1 aliphatic heterocycles. The number of rotatable bonds is 4. The zero-order valence-corrected chi connectivity index (χ0v) is 15.4. The van der Waals surface area contributed by atoms with Crippen LogP contribution in [0.25, 0.3) is 5.82 Å². The minimum atomic E-state index is -0.145. The zero-order chi connectivity index (χ0) is 19.0. The highest BCUT2D eigenvalue weighted by Crippen LogP contribution is 2.20. The van der Waals surface area contributed by atoms with Gasteiger partial charge < -0.3 is 4.90 Å². The Morgan fingerprint density at radius 2 is 1.81 bits per heavy atom. The zero-order valence-electron chi connectivity index (χ0n) is 15.4. The molecule has 7 nitrogen and oxygen atoms in total. The monoisotopic (exact) mass is 363 g/mol. The fourth-order valence-electron chi connectivity index (χ4n) is 3.40. The van der Waals surface area contributed by atoms with Crippen molar-refractivity contribution in [2.45, 2.75) is 20.4 Å². The van der Waals surface area contributed by atoms with Crippen molar-refractivity contribution in [3.63, 3.8) is 0 Å². The van der Waals surface area contributed by atoms with E-state index in [4.69, 9.17) is 0 Å². The van der Waals surface area contributed by atoms with Crippen LogP contribution in [0, 0.1) is 19.8 Å². The minimum absolute atomic E-state index is 0.0311. The fourth-order valence-corrected chi connectivity index (χ4v) is 3.40. The Morgan fingerprint density at radius 3 is 2.48 bits per heavy atom. The summed E-state index contributed by atoms with van der Waals surface area (Å²) in [5.41, 5.74) is 2.42. The molecule has 0 atom stereocenters. The molecule has 27 heavy (non-hydrogen) atoms. The van der Waals surface area contributed by atoms with Gasteiger partial charge in [-0.05, 0) is 38.1 Å². The second-order valence-corrected chi connectivity index (χ2v) is 6.99. The number of carbonyl (C=O) groups excluding carboxylic acids is 1. The second-order valence-electron chi connectivity index (χ2n) is 6.99. The SMILES string of the molecule is Cc1cc(C)n(-c2ccc(=O)n(CC3CN(C(=O)c4ccccc4)C3)n2)n1. The van der Waals surface area contributed by atoms with Gasteiger partial charge in [-0.15, -0.1) is 5.10 Å². The summed E-state index contributed by atoms with van der Waals surface area (Å²) in [6, 6.07) is 14.4. The number of benzene rings is 1. The van der Waals surface area contributed by atoms with Crippen molar-refractivity contribution in [2.75, 3.05) is 13.1 Å². The summed E-state index contributed by atoms with van der Waals surface area (Å²) in [6.45, 7) is 5.63. The minimum Gasteiger partial charge on any atom is -0.338 e. The quantitative estimate of drug-likeness (QED) is 0.709. The van der Waals surface area contributed by atoms with Crippen molar-refractivity contribution in [3.8, 4) is 5.82 Å². The number of hydrogen-bond acceptors (Lipinski definition) is 4. The highest BCUT2D eigenvalue weighted by atomic mass is 16.2. The lowest BCUT2D eigenvalue weighted by atomic mass is 9.99. The Kier molecular flexibility index (Phi) is 4.35. The van der Waals surface area contributed by atoms with E-state index in [0.717, 1.165) is 11.4 Å². The molecular formula is C20H21N5O2. The highest BCUT2D eigenvalue weighted by molar-refractivity contribution is 5.94. The summed E-state index contributed by atoms with van der Waals surface area (Å²) in [4.78, 5) is 26.4. The molecule has 3 aromatic rings. The van der Waals surface area contributed by atoms with E-state index in [2.05, 4.69) is 10.2 Å². The first-order valence-corrected chi connectivity index (χ1v) is 8.97. The smallest absolute Gasteiger partial charge is 0.266 e. The van der Waals surface area contributed by atoms with E-state index in [-0.39, 0.29) is 17.4 Å². The molecule has 1 aromatic carbocycles. The lowest BCUT2D eigenvalue weighted by molar-refractivity contribution is 0.0458. The molecule has 0 saturated carbocycles. The molecule has 7 heteroatoms. The number of aryl methyl sites for hydroxylation is 2. The number of amides is 1.